The zero-order valence-corrected chi connectivity index (χ0v) is 12.2. The molecule has 110 valence electrons. The van der Waals surface area contributed by atoms with Crippen molar-refractivity contribution in [2.45, 2.75) is 0 Å². The van der Waals surface area contributed by atoms with Crippen LogP contribution in [0.3, 0.4) is 0 Å². The fourth-order valence-electron chi connectivity index (χ4n) is 2.32. The van der Waals surface area contributed by atoms with Crippen molar-refractivity contribution in [2.75, 3.05) is 6.61 Å². The van der Waals surface area contributed by atoms with Gasteiger partial charge in [0.25, 0.3) is 5.56 Å². The Morgan fingerprint density at radius 2 is 1.77 bits per heavy atom. The van der Waals surface area contributed by atoms with E-state index in [1.165, 1.54) is 4.57 Å². The molecule has 0 aliphatic heterocycles. The van der Waals surface area contributed by atoms with Gasteiger partial charge in [-0.25, -0.2) is 0 Å². The molecule has 1 aromatic heterocycles. The van der Waals surface area contributed by atoms with Crippen molar-refractivity contribution in [3.8, 4) is 5.75 Å². The Morgan fingerprint density at radius 3 is 2.55 bits per heavy atom. The summed E-state index contributed by atoms with van der Waals surface area (Å²) in [5, 5.41) is 1.29. The lowest BCUT2D eigenvalue weighted by atomic mass is 10.1. The Kier molecular flexibility index (Phi) is 3.74. The number of Topliss-reactive ketones (excluding diaryl/α,β-unsaturated/α-hetero) is 1. The first-order chi connectivity index (χ1) is 10.7. The van der Waals surface area contributed by atoms with E-state index in [1.807, 2.05) is 24.3 Å². The zero-order chi connectivity index (χ0) is 15.5. The van der Waals surface area contributed by atoms with Crippen LogP contribution >= 0.6 is 0 Å². The Morgan fingerprint density at radius 1 is 1.00 bits per heavy atom. The molecule has 4 nitrogen and oxygen atoms in total. The zero-order valence-electron chi connectivity index (χ0n) is 12.2. The van der Waals surface area contributed by atoms with E-state index in [1.54, 1.807) is 43.6 Å². The minimum atomic E-state index is -0.0959. The summed E-state index contributed by atoms with van der Waals surface area (Å²) < 4.78 is 7.15. The molecule has 0 bridgehead atoms. The number of rotatable bonds is 4. The normalized spacial score (nSPS) is 10.6. The molecule has 0 saturated carbocycles. The summed E-state index contributed by atoms with van der Waals surface area (Å²) in [6.07, 6.45) is 1.69. The molecule has 0 spiro atoms. The van der Waals surface area contributed by atoms with Crippen LogP contribution in [-0.2, 0) is 7.05 Å². The summed E-state index contributed by atoms with van der Waals surface area (Å²) >= 11 is 0. The van der Waals surface area contributed by atoms with Crippen LogP contribution in [0, 0.1) is 0 Å². The van der Waals surface area contributed by atoms with Crippen molar-refractivity contribution in [1.29, 1.82) is 0 Å². The number of benzene rings is 2. The predicted octanol–water partition coefficient (Wildman–Crippen LogP) is 2.80. The Bertz CT molecular complexity index is 882. The number of hydrogen-bond donors (Lipinski definition) is 0. The topological polar surface area (TPSA) is 48.3 Å². The lowest BCUT2D eigenvalue weighted by Crippen LogP contribution is -2.16. The number of ketones is 1. The van der Waals surface area contributed by atoms with Crippen molar-refractivity contribution in [1.82, 2.24) is 4.57 Å². The first-order valence-electron chi connectivity index (χ1n) is 6.96. The van der Waals surface area contributed by atoms with Crippen molar-refractivity contribution in [3.63, 3.8) is 0 Å². The van der Waals surface area contributed by atoms with Gasteiger partial charge < -0.3 is 9.30 Å². The molecular weight excluding hydrogens is 278 g/mol. The van der Waals surface area contributed by atoms with E-state index in [0.717, 1.165) is 0 Å². The van der Waals surface area contributed by atoms with Gasteiger partial charge >= 0.3 is 0 Å². The number of nitrogens with zero attached hydrogens (tertiary/aromatic N) is 1. The molecule has 4 heteroatoms. The summed E-state index contributed by atoms with van der Waals surface area (Å²) in [5.41, 5.74) is 0.524. The van der Waals surface area contributed by atoms with Crippen LogP contribution in [0.25, 0.3) is 10.8 Å². The fraction of sp³-hybridized carbons (Fsp3) is 0.111. The summed E-state index contributed by atoms with van der Waals surface area (Å²) in [5.74, 6) is 0.445. The molecule has 3 aromatic rings. The maximum Gasteiger partial charge on any atom is 0.258 e. The first kappa shape index (κ1) is 14.1. The molecule has 1 heterocycles. The number of ether oxygens (including phenoxy) is 1. The van der Waals surface area contributed by atoms with Crippen LogP contribution in [0.2, 0.25) is 0 Å². The smallest absolute Gasteiger partial charge is 0.258 e. The van der Waals surface area contributed by atoms with Crippen LogP contribution < -0.4 is 10.3 Å². The number of aromatic nitrogens is 1. The number of carbonyl (C=O) groups excluding carboxylic acids is 1. The van der Waals surface area contributed by atoms with E-state index in [0.29, 0.717) is 22.1 Å². The van der Waals surface area contributed by atoms with Gasteiger partial charge in [0.05, 0.1) is 5.39 Å². The van der Waals surface area contributed by atoms with Gasteiger partial charge in [0.2, 0.25) is 0 Å². The predicted molar refractivity (Wildman–Crippen MR) is 85.5 cm³/mol. The minimum absolute atomic E-state index is 0.0572. The summed E-state index contributed by atoms with van der Waals surface area (Å²) in [6.45, 7) is -0.0572. The molecule has 0 fully saturated rings. The third-order valence-corrected chi connectivity index (χ3v) is 3.54. The van der Waals surface area contributed by atoms with Gasteiger partial charge in [-0.05, 0) is 18.2 Å². The number of carbonyl (C=O) groups is 1. The molecule has 2 aromatic carbocycles. The number of fused-ring (bicyclic) bond motifs is 1. The molecule has 0 N–H and O–H groups in total. The van der Waals surface area contributed by atoms with Crippen LogP contribution in [0.4, 0.5) is 0 Å². The molecule has 22 heavy (non-hydrogen) atoms. The third-order valence-electron chi connectivity index (χ3n) is 3.54. The highest BCUT2D eigenvalue weighted by molar-refractivity contribution is 5.97. The highest BCUT2D eigenvalue weighted by Gasteiger charge is 2.09. The SMILES string of the molecule is Cn1ccc2c(OCC(=O)c3ccccc3)cccc2c1=O. The summed E-state index contributed by atoms with van der Waals surface area (Å²) in [7, 11) is 1.70. The maximum absolute atomic E-state index is 12.1. The summed E-state index contributed by atoms with van der Waals surface area (Å²) in [6, 6.07) is 16.1. The van der Waals surface area contributed by atoms with Gasteiger partial charge in [0.15, 0.2) is 12.4 Å². The molecule has 0 aliphatic rings. The van der Waals surface area contributed by atoms with Crippen molar-refractivity contribution < 1.29 is 9.53 Å². The maximum atomic E-state index is 12.1. The molecular formula is C18H15NO3. The lowest BCUT2D eigenvalue weighted by Gasteiger charge is -2.09. The van der Waals surface area contributed by atoms with Gasteiger partial charge in [-0.2, -0.15) is 0 Å². The minimum Gasteiger partial charge on any atom is -0.485 e. The second-order valence-electron chi connectivity index (χ2n) is 5.03. The fourth-order valence-corrected chi connectivity index (χ4v) is 2.32. The Hall–Kier alpha value is -2.88. The molecule has 3 rings (SSSR count). The van der Waals surface area contributed by atoms with E-state index in [4.69, 9.17) is 4.74 Å². The van der Waals surface area contributed by atoms with Gasteiger partial charge in [-0.1, -0.05) is 36.4 Å². The van der Waals surface area contributed by atoms with E-state index in [-0.39, 0.29) is 17.9 Å². The van der Waals surface area contributed by atoms with Crippen LogP contribution in [0.15, 0.2) is 65.6 Å². The first-order valence-corrected chi connectivity index (χ1v) is 6.96. The second-order valence-corrected chi connectivity index (χ2v) is 5.03. The van der Waals surface area contributed by atoms with E-state index in [2.05, 4.69) is 0 Å². The number of hydrogen-bond acceptors (Lipinski definition) is 3. The lowest BCUT2D eigenvalue weighted by molar-refractivity contribution is 0.0922. The van der Waals surface area contributed by atoms with Gasteiger partial charge in [-0.3, -0.25) is 9.59 Å². The van der Waals surface area contributed by atoms with Crippen LogP contribution in [0.1, 0.15) is 10.4 Å². The molecule has 0 saturated heterocycles. The standard InChI is InChI=1S/C18H15NO3/c1-19-11-10-14-15(18(19)21)8-5-9-17(14)22-12-16(20)13-6-3-2-4-7-13/h2-11H,12H2,1H3. The molecule has 0 unspecified atom stereocenters. The molecule has 0 atom stereocenters. The highest BCUT2D eigenvalue weighted by atomic mass is 16.5. The van der Waals surface area contributed by atoms with E-state index >= 15 is 0 Å². The average Bonchev–Trinajstić information content (AvgIpc) is 2.57. The molecule has 0 aliphatic carbocycles. The average molecular weight is 293 g/mol. The largest absolute Gasteiger partial charge is 0.485 e. The summed E-state index contributed by atoms with van der Waals surface area (Å²) in [4.78, 5) is 24.2. The third kappa shape index (κ3) is 2.63. The highest BCUT2D eigenvalue weighted by Crippen LogP contribution is 2.23. The van der Waals surface area contributed by atoms with Crippen molar-refractivity contribution in [2.24, 2.45) is 7.05 Å². The van der Waals surface area contributed by atoms with Gasteiger partial charge in [-0.15, -0.1) is 0 Å². The number of aryl methyl sites for hydroxylation is 1. The van der Waals surface area contributed by atoms with E-state index in [9.17, 15) is 9.59 Å². The van der Waals surface area contributed by atoms with E-state index < -0.39 is 0 Å². The number of pyridine rings is 1. The Labute approximate surface area is 127 Å². The molecule has 0 amide bonds. The Balaban J connectivity index is 1.87. The monoisotopic (exact) mass is 293 g/mol. The van der Waals surface area contributed by atoms with Gasteiger partial charge in [0.1, 0.15) is 5.75 Å². The molecule has 0 radical (unpaired) electrons. The quantitative estimate of drug-likeness (QED) is 0.695. The van der Waals surface area contributed by atoms with Crippen LogP contribution in [-0.4, -0.2) is 17.0 Å². The van der Waals surface area contributed by atoms with Crippen LogP contribution in [0.5, 0.6) is 5.75 Å². The van der Waals surface area contributed by atoms with Crippen molar-refractivity contribution >= 4 is 16.6 Å². The van der Waals surface area contributed by atoms with Crippen molar-refractivity contribution in [3.05, 3.63) is 76.7 Å². The second kappa shape index (κ2) is 5.85. The van der Waals surface area contributed by atoms with Gasteiger partial charge in [0, 0.05) is 24.2 Å².